The lowest BCUT2D eigenvalue weighted by molar-refractivity contribution is 0.0230. The van der Waals surface area contributed by atoms with Crippen molar-refractivity contribution < 1.29 is 9.47 Å². The highest BCUT2D eigenvalue weighted by molar-refractivity contribution is 5.90. The molecule has 0 atom stereocenters. The smallest absolute Gasteiger partial charge is 0.138 e. The Kier molecular flexibility index (Phi) is 9.32. The molecule has 0 amide bonds. The minimum atomic E-state index is -0.439. The maximum Gasteiger partial charge on any atom is 0.138 e. The van der Waals surface area contributed by atoms with E-state index < -0.39 is 5.60 Å². The quantitative estimate of drug-likeness (QED) is 0.361. The first-order valence-corrected chi connectivity index (χ1v) is 11.8. The molecule has 33 heavy (non-hydrogen) atoms. The molecule has 3 rings (SSSR count). The van der Waals surface area contributed by atoms with Crippen molar-refractivity contribution in [2.75, 3.05) is 25.6 Å². The Morgan fingerprint density at radius 3 is 2.27 bits per heavy atom. The third kappa shape index (κ3) is 6.97. The largest absolute Gasteiger partial charge is 0.486 e. The molecule has 0 N–H and O–H groups in total. The zero-order valence-corrected chi connectivity index (χ0v) is 21.4. The average Bonchev–Trinajstić information content (AvgIpc) is 2.78. The molecule has 0 unspecified atom stereocenters. The maximum atomic E-state index is 9.96. The minimum Gasteiger partial charge on any atom is -0.486 e. The maximum absolute atomic E-state index is 9.96. The van der Waals surface area contributed by atoms with Crippen LogP contribution in [0.2, 0.25) is 0 Å². The van der Waals surface area contributed by atoms with Crippen LogP contribution in [0, 0.1) is 11.3 Å². The summed E-state index contributed by atoms with van der Waals surface area (Å²) in [5.74, 6) is 0.609. The summed E-state index contributed by atoms with van der Waals surface area (Å²) < 4.78 is 12.0. The topological polar surface area (TPSA) is 45.5 Å². The highest BCUT2D eigenvalue weighted by Gasteiger charge is 2.23. The van der Waals surface area contributed by atoms with E-state index in [-0.39, 0.29) is 6.10 Å². The summed E-state index contributed by atoms with van der Waals surface area (Å²) in [4.78, 5) is 2.09. The van der Waals surface area contributed by atoms with Crippen LogP contribution in [0.3, 0.4) is 0 Å². The van der Waals surface area contributed by atoms with E-state index >= 15 is 0 Å². The minimum absolute atomic E-state index is 0.190. The molecule has 0 radical (unpaired) electrons. The third-order valence-corrected chi connectivity index (χ3v) is 5.33. The normalized spacial score (nSPS) is 11.0. The van der Waals surface area contributed by atoms with Crippen LogP contribution in [0.5, 0.6) is 5.75 Å². The molecule has 0 bridgehead atoms. The van der Waals surface area contributed by atoms with Gasteiger partial charge in [0, 0.05) is 31.8 Å². The van der Waals surface area contributed by atoms with Crippen molar-refractivity contribution in [2.24, 2.45) is 0 Å². The van der Waals surface area contributed by atoms with Gasteiger partial charge in [-0.3, -0.25) is 0 Å². The van der Waals surface area contributed by atoms with Crippen LogP contribution < -0.4 is 9.64 Å². The SMILES string of the molecule is CC.CC(C)OCCC(C)(C)Oc1cccc(-c2ccc3cc(N(C)C)ccc3c2)c1C#N. The first-order chi connectivity index (χ1) is 15.7. The Morgan fingerprint density at radius 2 is 1.64 bits per heavy atom. The molecule has 4 nitrogen and oxygen atoms in total. The molecular weight excluding hydrogens is 408 g/mol. The van der Waals surface area contributed by atoms with Gasteiger partial charge in [-0.05, 0) is 68.3 Å². The molecule has 0 heterocycles. The van der Waals surface area contributed by atoms with Gasteiger partial charge in [-0.15, -0.1) is 0 Å². The van der Waals surface area contributed by atoms with E-state index in [1.54, 1.807) is 0 Å². The first-order valence-electron chi connectivity index (χ1n) is 11.8. The highest BCUT2D eigenvalue weighted by atomic mass is 16.5. The van der Waals surface area contributed by atoms with Crippen molar-refractivity contribution in [1.29, 1.82) is 5.26 Å². The fourth-order valence-electron chi connectivity index (χ4n) is 3.54. The molecule has 0 spiro atoms. The van der Waals surface area contributed by atoms with Gasteiger partial charge in [0.05, 0.1) is 12.7 Å². The fraction of sp³-hybridized carbons (Fsp3) is 0.414. The third-order valence-electron chi connectivity index (χ3n) is 5.33. The van der Waals surface area contributed by atoms with Crippen LogP contribution in [-0.4, -0.2) is 32.4 Å². The van der Waals surface area contributed by atoms with Crippen molar-refractivity contribution in [3.8, 4) is 22.9 Å². The van der Waals surface area contributed by atoms with Gasteiger partial charge < -0.3 is 14.4 Å². The van der Waals surface area contributed by atoms with E-state index in [9.17, 15) is 5.26 Å². The Hall–Kier alpha value is -3.03. The predicted molar refractivity (Wildman–Crippen MR) is 140 cm³/mol. The molecular formula is C29H38N2O2. The van der Waals surface area contributed by atoms with E-state index in [4.69, 9.17) is 9.47 Å². The van der Waals surface area contributed by atoms with Crippen LogP contribution in [0.15, 0.2) is 54.6 Å². The van der Waals surface area contributed by atoms with Gasteiger partial charge in [-0.25, -0.2) is 0 Å². The summed E-state index contributed by atoms with van der Waals surface area (Å²) in [6.45, 7) is 12.7. The molecule has 0 saturated carbocycles. The van der Waals surface area contributed by atoms with Crippen molar-refractivity contribution in [1.82, 2.24) is 0 Å². The lowest BCUT2D eigenvalue weighted by Crippen LogP contribution is -2.30. The van der Waals surface area contributed by atoms with Gasteiger partial charge in [-0.2, -0.15) is 5.26 Å². The number of benzene rings is 3. The molecule has 0 aromatic heterocycles. The average molecular weight is 447 g/mol. The first kappa shape index (κ1) is 26.2. The molecule has 3 aromatic carbocycles. The second-order valence-corrected chi connectivity index (χ2v) is 8.96. The summed E-state index contributed by atoms with van der Waals surface area (Å²) in [5, 5.41) is 12.3. The number of hydrogen-bond donors (Lipinski definition) is 0. The van der Waals surface area contributed by atoms with E-state index in [1.165, 1.54) is 5.39 Å². The molecule has 0 fully saturated rings. The fourth-order valence-corrected chi connectivity index (χ4v) is 3.54. The number of nitriles is 1. The summed E-state index contributed by atoms with van der Waals surface area (Å²) >= 11 is 0. The number of hydrogen-bond acceptors (Lipinski definition) is 4. The van der Waals surface area contributed by atoms with Gasteiger partial charge >= 0.3 is 0 Å². The Bertz CT molecular complexity index is 1090. The lowest BCUT2D eigenvalue weighted by Gasteiger charge is -2.28. The van der Waals surface area contributed by atoms with Gasteiger partial charge in [0.1, 0.15) is 23.0 Å². The van der Waals surface area contributed by atoms with Gasteiger partial charge in [0.2, 0.25) is 0 Å². The lowest BCUT2D eigenvalue weighted by atomic mass is 9.96. The molecule has 176 valence electrons. The second-order valence-electron chi connectivity index (χ2n) is 8.96. The molecule has 0 saturated heterocycles. The van der Waals surface area contributed by atoms with Crippen molar-refractivity contribution >= 4 is 16.5 Å². The van der Waals surface area contributed by atoms with Crippen molar-refractivity contribution in [3.63, 3.8) is 0 Å². The number of nitrogens with zero attached hydrogens (tertiary/aromatic N) is 2. The van der Waals surface area contributed by atoms with E-state index in [0.717, 1.165) is 28.6 Å². The summed E-state index contributed by atoms with van der Waals surface area (Å²) in [6.07, 6.45) is 0.931. The molecule has 0 aliphatic rings. The van der Waals surface area contributed by atoms with Crippen LogP contribution in [0.25, 0.3) is 21.9 Å². The monoisotopic (exact) mass is 446 g/mol. The summed E-state index contributed by atoms with van der Waals surface area (Å²) in [7, 11) is 4.08. The van der Waals surface area contributed by atoms with E-state index in [2.05, 4.69) is 47.4 Å². The van der Waals surface area contributed by atoms with Gasteiger partial charge in [0.15, 0.2) is 0 Å². The predicted octanol–water partition coefficient (Wildman–Crippen LogP) is 7.44. The van der Waals surface area contributed by atoms with Crippen LogP contribution in [-0.2, 0) is 4.74 Å². The zero-order chi connectivity index (χ0) is 24.6. The number of fused-ring (bicyclic) bond motifs is 1. The molecule has 0 aliphatic carbocycles. The highest BCUT2D eigenvalue weighted by Crippen LogP contribution is 2.34. The Labute approximate surface area is 199 Å². The Morgan fingerprint density at radius 1 is 0.970 bits per heavy atom. The number of anilines is 1. The van der Waals surface area contributed by atoms with Gasteiger partial charge in [0.25, 0.3) is 0 Å². The standard InChI is InChI=1S/C27H32N2O2.C2H6/c1-19(2)30-15-14-27(3,4)31-26-9-7-8-24(25(26)18-28)22-11-10-21-17-23(29(5)6)13-12-20(21)16-22;1-2/h7-13,16-17,19H,14-15H2,1-6H3;1-2H3. The number of rotatable bonds is 8. The second kappa shape index (κ2) is 11.7. The summed E-state index contributed by atoms with van der Waals surface area (Å²) in [5.41, 5.74) is 3.17. The summed E-state index contributed by atoms with van der Waals surface area (Å²) in [6, 6.07) is 20.9. The molecule has 4 heteroatoms. The van der Waals surface area contributed by atoms with Crippen molar-refractivity contribution in [3.05, 3.63) is 60.2 Å². The number of ether oxygens (including phenoxy) is 2. The zero-order valence-electron chi connectivity index (χ0n) is 21.4. The van der Waals surface area contributed by atoms with Crippen LogP contribution >= 0.6 is 0 Å². The molecule has 0 aliphatic heterocycles. The van der Waals surface area contributed by atoms with Gasteiger partial charge in [-0.1, -0.05) is 44.2 Å². The van der Waals surface area contributed by atoms with Crippen molar-refractivity contribution in [2.45, 2.75) is 59.7 Å². The van der Waals surface area contributed by atoms with E-state index in [0.29, 0.717) is 17.9 Å². The molecule has 3 aromatic rings. The van der Waals surface area contributed by atoms with E-state index in [1.807, 2.05) is 73.8 Å². The van der Waals surface area contributed by atoms with Crippen LogP contribution in [0.1, 0.15) is 53.5 Å². The Balaban J connectivity index is 0.00000187. The van der Waals surface area contributed by atoms with Crippen LogP contribution in [0.4, 0.5) is 5.69 Å².